The van der Waals surface area contributed by atoms with Gasteiger partial charge >= 0.3 is 0 Å². The van der Waals surface area contributed by atoms with Crippen LogP contribution in [-0.4, -0.2) is 123 Å². The van der Waals surface area contributed by atoms with E-state index in [1.165, 1.54) is 11.1 Å². The van der Waals surface area contributed by atoms with Gasteiger partial charge in [-0.1, -0.05) is 225 Å². The Kier molecular flexibility index (Phi) is 28.0. The summed E-state index contributed by atoms with van der Waals surface area (Å²) in [5, 5.41) is 12.5. The van der Waals surface area contributed by atoms with Crippen molar-refractivity contribution in [2.45, 2.75) is 148 Å². The summed E-state index contributed by atoms with van der Waals surface area (Å²) < 4.78 is 121. The first-order chi connectivity index (χ1) is 51.9. The van der Waals surface area contributed by atoms with E-state index >= 15 is 0 Å². The first-order valence-electron chi connectivity index (χ1n) is 36.6. The number of unbranched alkanes of at least 4 members (excludes halogenated alkanes) is 2. The number of para-hydroxylation sites is 1. The van der Waals surface area contributed by atoms with Crippen LogP contribution >= 0.6 is 11.5 Å². The van der Waals surface area contributed by atoms with Gasteiger partial charge in [0.15, 0.2) is 0 Å². The predicted octanol–water partition coefficient (Wildman–Crippen LogP) is 14.0. The first-order valence-corrected chi connectivity index (χ1v) is 41.7. The van der Waals surface area contributed by atoms with Gasteiger partial charge in [-0.25, -0.2) is 46.9 Å². The third-order valence-electron chi connectivity index (χ3n) is 18.4. The molecule has 0 radical (unpaired) electrons. The van der Waals surface area contributed by atoms with Crippen molar-refractivity contribution >= 4 is 79.7 Å². The molecule has 1 unspecified atom stereocenters. The summed E-state index contributed by atoms with van der Waals surface area (Å²) in [5.74, 6) is -3.63. The number of nitrogens with one attached hydrogen (secondary N) is 4. The van der Waals surface area contributed by atoms with Crippen LogP contribution in [0, 0.1) is 0 Å². The third kappa shape index (κ3) is 20.0. The molecule has 4 N–H and O–H groups in total. The summed E-state index contributed by atoms with van der Waals surface area (Å²) >= 11 is 1.56. The highest BCUT2D eigenvalue weighted by molar-refractivity contribution is 8.00. The molecule has 20 nitrogen and oxygen atoms in total. The number of aryl methyl sites for hydroxylation is 2. The van der Waals surface area contributed by atoms with Crippen molar-refractivity contribution in [2.24, 2.45) is 0 Å². The van der Waals surface area contributed by atoms with Crippen LogP contribution in [-0.2, 0) is 68.7 Å². The van der Waals surface area contributed by atoms with Crippen LogP contribution in [0.5, 0.6) is 5.75 Å². The fourth-order valence-electron chi connectivity index (χ4n) is 13.1. The van der Waals surface area contributed by atoms with Gasteiger partial charge in [0.05, 0.1) is 17.5 Å². The number of nitrogens with zero attached hydrogens (tertiary/aromatic N) is 4. The number of rotatable bonds is 27. The number of amides is 3. The monoisotopic (exact) mass is 1550 g/mol. The lowest BCUT2D eigenvalue weighted by molar-refractivity contribution is -0.124. The van der Waals surface area contributed by atoms with Gasteiger partial charge in [-0.2, -0.15) is 0 Å². The molecule has 1 aliphatic carbocycles. The van der Waals surface area contributed by atoms with Crippen LogP contribution in [0.4, 0.5) is 14.5 Å². The van der Waals surface area contributed by atoms with Crippen LogP contribution in [0.25, 0.3) is 25.2 Å². The third-order valence-corrected chi connectivity index (χ3v) is 25.6. The number of ether oxygens (including phenoxy) is 2. The lowest BCUT2D eigenvalue weighted by atomic mass is 9.92. The Bertz CT molecular complexity index is 4850. The van der Waals surface area contributed by atoms with E-state index in [9.17, 15) is 53.2 Å². The molecule has 0 spiro atoms. The zero-order valence-corrected chi connectivity index (χ0v) is 64.6. The number of alkyl halides is 2. The van der Waals surface area contributed by atoms with Crippen LogP contribution in [0.2, 0.25) is 0 Å². The zero-order valence-electron chi connectivity index (χ0n) is 61.3. The molecule has 3 amide bonds. The molecule has 108 heavy (non-hydrogen) atoms. The topological polar surface area (TPSA) is 252 Å². The SMILES string of the molecule is CC(C)N1C(=O)C(NC2CCC(F)(F)CC2)=C(c2ccccc2)S1(=O)=O.CC(C)N1C(=O)C(NCCOc2ccccc2)=C(c2ccccc2)S1(=O)=O.CCCCn1sc(-c2ccccc2)c(NCc2ccccc2)c1=O.O=C1C(NCCCCc2ccccc2)=C(c2ccccc2)S(=O)(=O)N1CC1CCCO1. The molecule has 5 heterocycles. The van der Waals surface area contributed by atoms with E-state index in [0.717, 1.165) is 74.8 Å². The van der Waals surface area contributed by atoms with Gasteiger partial charge < -0.3 is 30.7 Å². The van der Waals surface area contributed by atoms with Gasteiger partial charge in [-0.3, -0.25) is 23.1 Å². The fourth-order valence-corrected chi connectivity index (χ4v) is 19.7. The second kappa shape index (κ2) is 37.4. The zero-order chi connectivity index (χ0) is 77.0. The van der Waals surface area contributed by atoms with E-state index in [2.05, 4.69) is 64.6 Å². The Morgan fingerprint density at radius 3 is 1.48 bits per heavy atom. The van der Waals surface area contributed by atoms with Crippen molar-refractivity contribution in [1.82, 2.24) is 32.8 Å². The maximum Gasteiger partial charge on any atom is 0.285 e. The highest BCUT2D eigenvalue weighted by Crippen LogP contribution is 2.41. The maximum atomic E-state index is 13.4. The molecular formula is C82H94F2N8O12S4. The van der Waals surface area contributed by atoms with Gasteiger partial charge in [0.25, 0.3) is 53.4 Å². The van der Waals surface area contributed by atoms with Crippen molar-refractivity contribution in [2.75, 3.05) is 38.2 Å². The highest BCUT2D eigenvalue weighted by Gasteiger charge is 2.49. The summed E-state index contributed by atoms with van der Waals surface area (Å²) in [7, 11) is -11.8. The minimum atomic E-state index is -4.00. The van der Waals surface area contributed by atoms with Crippen LogP contribution < -0.4 is 31.6 Å². The number of carbonyl (C=O) groups is 3. The summed E-state index contributed by atoms with van der Waals surface area (Å²) in [6, 6.07) is 64.4. The van der Waals surface area contributed by atoms with E-state index in [0.29, 0.717) is 61.0 Å². The van der Waals surface area contributed by atoms with Crippen molar-refractivity contribution in [3.05, 3.63) is 268 Å². The number of aromatic nitrogens is 1. The van der Waals surface area contributed by atoms with Gasteiger partial charge in [0.1, 0.15) is 49.9 Å². The normalized spacial score (nSPS) is 17.8. The van der Waals surface area contributed by atoms with Gasteiger partial charge in [-0.05, 0) is 125 Å². The lowest BCUT2D eigenvalue weighted by Crippen LogP contribution is -2.42. The standard InChI is InChI=1S/C24H28N2O4S.C20H22N2O4S.C20H22N2OS.C18H22F2N2O3S/c27-24-22(25-16-8-7-12-19-10-3-1-4-11-19)23(20-13-5-2-6-14-20)31(28,29)26(24)18-21-15-9-17-30-21;1-15(2)22-20(23)18(21-13-14-26-17-11-7-4-8-12-17)19(27(22,24)25)16-9-5-3-6-10-16;1-2-3-14-22-20(23)18(21-15-16-10-6-4-7-11-16)19(24-22)17-12-8-5-9-13-17;1-12(2)22-17(23)15(21-14-8-10-18(19,20)11-9-14)16(26(22,24)25)13-6-4-3-5-7-13/h1-6,10-11,13-14,21,25H,7-9,12,15-18H2;3-12,15,21H,13-14H2,1-2H3;4-13,21H,2-3,14-15H2,1H3;3-7,12,14,21H,8-11H2,1-2H3. The summed E-state index contributed by atoms with van der Waals surface area (Å²) in [4.78, 5) is 52.6. The molecule has 1 saturated carbocycles. The maximum absolute atomic E-state index is 13.4. The predicted molar refractivity (Wildman–Crippen MR) is 422 cm³/mol. The molecule has 4 aliphatic heterocycles. The molecule has 1 saturated heterocycles. The summed E-state index contributed by atoms with van der Waals surface area (Å²) in [6.45, 7) is 12.0. The molecule has 2 fully saturated rings. The lowest BCUT2D eigenvalue weighted by Gasteiger charge is -2.29. The minimum Gasteiger partial charge on any atom is -0.492 e. The van der Waals surface area contributed by atoms with E-state index in [4.69, 9.17) is 9.47 Å². The van der Waals surface area contributed by atoms with Crippen molar-refractivity contribution in [3.63, 3.8) is 0 Å². The highest BCUT2D eigenvalue weighted by atomic mass is 32.2. The average molecular weight is 1550 g/mol. The number of sulfonamides is 3. The number of benzene rings is 7. The van der Waals surface area contributed by atoms with Crippen molar-refractivity contribution in [3.8, 4) is 16.2 Å². The Morgan fingerprint density at radius 2 is 0.981 bits per heavy atom. The van der Waals surface area contributed by atoms with Gasteiger partial charge in [-0.15, -0.1) is 0 Å². The smallest absolute Gasteiger partial charge is 0.285 e. The average Bonchev–Trinajstić information content (AvgIpc) is 1.60. The van der Waals surface area contributed by atoms with Crippen molar-refractivity contribution < 1.29 is 57.9 Å². The molecule has 1 aromatic heterocycles. The van der Waals surface area contributed by atoms with E-state index < -0.39 is 65.8 Å². The number of halogens is 2. The Hall–Kier alpha value is -9.73. The fraction of sp³-hybridized carbons (Fsp3) is 0.341. The van der Waals surface area contributed by atoms with Crippen LogP contribution in [0.15, 0.2) is 234 Å². The molecule has 1 atom stereocenters. The molecule has 13 rings (SSSR count). The number of anilines is 1. The summed E-state index contributed by atoms with van der Waals surface area (Å²) in [5.41, 5.74) is 6.00. The van der Waals surface area contributed by atoms with Crippen molar-refractivity contribution in [1.29, 1.82) is 0 Å². The van der Waals surface area contributed by atoms with Crippen LogP contribution in [0.1, 0.15) is 127 Å². The first kappa shape index (κ1) is 80.8. The molecule has 0 bridgehead atoms. The second-order valence-corrected chi connectivity index (χ2v) is 33.4. The van der Waals surface area contributed by atoms with E-state index in [-0.39, 0.29) is 81.7 Å². The number of carbonyl (C=O) groups excluding carboxylic acids is 3. The molecule has 26 heteroatoms. The second-order valence-electron chi connectivity index (χ2n) is 27.1. The summed E-state index contributed by atoms with van der Waals surface area (Å²) in [6.07, 6.45) is 6.09. The van der Waals surface area contributed by atoms with Crippen LogP contribution in [0.3, 0.4) is 0 Å². The molecule has 7 aromatic carbocycles. The van der Waals surface area contributed by atoms with Gasteiger partial charge in [0.2, 0.25) is 5.92 Å². The Labute approximate surface area is 636 Å². The number of hydrogen-bond acceptors (Lipinski definition) is 17. The molecular weight excluding hydrogens is 1460 g/mol. The van der Waals surface area contributed by atoms with E-state index in [1.54, 1.807) is 124 Å². The Balaban J connectivity index is 0.000000154. The molecule has 5 aliphatic rings. The molecule has 572 valence electrons. The quantitative estimate of drug-likeness (QED) is 0.0349. The van der Waals surface area contributed by atoms with Gasteiger partial charge in [0, 0.05) is 63.8 Å². The van der Waals surface area contributed by atoms with E-state index in [1.807, 2.05) is 95.0 Å². The molecule has 8 aromatic rings. The minimum absolute atomic E-state index is 0.0138. The Morgan fingerprint density at radius 1 is 0.528 bits per heavy atom. The largest absolute Gasteiger partial charge is 0.492 e. The number of hydrogen-bond donors (Lipinski definition) is 4.